The molecular formula is C22H31N3O3. The summed E-state index contributed by atoms with van der Waals surface area (Å²) < 4.78 is 13.5. The predicted octanol–water partition coefficient (Wildman–Crippen LogP) is 3.23. The van der Waals surface area contributed by atoms with Gasteiger partial charge in [-0.25, -0.2) is 4.98 Å². The van der Waals surface area contributed by atoms with Crippen molar-refractivity contribution in [1.29, 1.82) is 0 Å². The number of aromatic nitrogens is 2. The fourth-order valence-electron chi connectivity index (χ4n) is 4.98. The molecule has 1 aromatic heterocycles. The molecule has 2 aliphatic heterocycles. The van der Waals surface area contributed by atoms with E-state index in [0.717, 1.165) is 61.5 Å². The van der Waals surface area contributed by atoms with Crippen molar-refractivity contribution in [1.82, 2.24) is 14.5 Å². The maximum Gasteiger partial charge on any atom is 0.165 e. The number of benzene rings is 1. The van der Waals surface area contributed by atoms with Gasteiger partial charge in [0.25, 0.3) is 0 Å². The zero-order valence-corrected chi connectivity index (χ0v) is 17.1. The van der Waals surface area contributed by atoms with Crippen LogP contribution < -0.4 is 9.47 Å². The molecule has 1 aromatic carbocycles. The average Bonchev–Trinajstić information content (AvgIpc) is 3.22. The molecule has 0 unspecified atom stereocenters. The standard InChI is InChI=1S/C22H31N3O3/c1-4-12-28-20-16(6-5-7-19(20)27-3)15-25-17-8-9-18(25)14-22(26,13-17)21-23-10-11-24(21)2/h5-7,10-11,17-18,26H,4,8-9,12-15H2,1-3H3/t17-,18-/m1/s1. The molecule has 152 valence electrons. The predicted molar refractivity (Wildman–Crippen MR) is 107 cm³/mol. The van der Waals surface area contributed by atoms with Crippen molar-refractivity contribution < 1.29 is 14.6 Å². The molecule has 0 spiro atoms. The Labute approximate surface area is 167 Å². The first-order chi connectivity index (χ1) is 13.6. The normalized spacial score (nSPS) is 27.1. The van der Waals surface area contributed by atoms with Gasteiger partial charge in [0.05, 0.1) is 13.7 Å². The number of para-hydroxylation sites is 1. The molecule has 3 heterocycles. The minimum absolute atomic E-state index is 0.352. The highest BCUT2D eigenvalue weighted by atomic mass is 16.5. The fraction of sp³-hybridized carbons (Fsp3) is 0.591. The van der Waals surface area contributed by atoms with Crippen LogP contribution in [0.1, 0.15) is 50.4 Å². The van der Waals surface area contributed by atoms with Gasteiger partial charge in [-0.1, -0.05) is 19.1 Å². The van der Waals surface area contributed by atoms with Gasteiger partial charge in [0.1, 0.15) is 11.4 Å². The largest absolute Gasteiger partial charge is 0.493 e. The van der Waals surface area contributed by atoms with Crippen LogP contribution in [0.2, 0.25) is 0 Å². The Balaban J connectivity index is 1.56. The topological polar surface area (TPSA) is 59.8 Å². The van der Waals surface area contributed by atoms with Crippen molar-refractivity contribution in [3.8, 4) is 11.5 Å². The van der Waals surface area contributed by atoms with Crippen molar-refractivity contribution in [3.05, 3.63) is 42.0 Å². The summed E-state index contributed by atoms with van der Waals surface area (Å²) in [6.07, 6.45) is 8.33. The van der Waals surface area contributed by atoms with E-state index in [1.807, 2.05) is 29.9 Å². The average molecular weight is 386 g/mol. The third-order valence-corrected chi connectivity index (χ3v) is 6.24. The first-order valence-corrected chi connectivity index (χ1v) is 10.3. The molecule has 6 heteroatoms. The summed E-state index contributed by atoms with van der Waals surface area (Å²) in [6, 6.07) is 6.82. The fourth-order valence-corrected chi connectivity index (χ4v) is 4.98. The summed E-state index contributed by atoms with van der Waals surface area (Å²) >= 11 is 0. The van der Waals surface area contributed by atoms with Crippen LogP contribution in [0.4, 0.5) is 0 Å². The molecule has 0 amide bonds. The van der Waals surface area contributed by atoms with Crippen molar-refractivity contribution in [3.63, 3.8) is 0 Å². The van der Waals surface area contributed by atoms with Crippen LogP contribution in [0, 0.1) is 0 Å². The van der Waals surface area contributed by atoms with Crippen LogP contribution in [0.3, 0.4) is 0 Å². The molecule has 4 rings (SSSR count). The van der Waals surface area contributed by atoms with Gasteiger partial charge < -0.3 is 19.1 Å². The molecule has 6 nitrogen and oxygen atoms in total. The summed E-state index contributed by atoms with van der Waals surface area (Å²) in [5, 5.41) is 11.4. The molecule has 1 N–H and O–H groups in total. The molecule has 2 fully saturated rings. The third-order valence-electron chi connectivity index (χ3n) is 6.24. The van der Waals surface area contributed by atoms with Crippen LogP contribution in [-0.4, -0.2) is 45.4 Å². The lowest BCUT2D eigenvalue weighted by atomic mass is 9.85. The number of methoxy groups -OCH3 is 1. The number of fused-ring (bicyclic) bond motifs is 2. The number of hydrogen-bond donors (Lipinski definition) is 1. The summed E-state index contributed by atoms with van der Waals surface area (Å²) in [5.41, 5.74) is 0.323. The van der Waals surface area contributed by atoms with E-state index in [-0.39, 0.29) is 0 Å². The van der Waals surface area contributed by atoms with Gasteiger partial charge in [0.2, 0.25) is 0 Å². The number of imidazole rings is 1. The lowest BCUT2D eigenvalue weighted by Crippen LogP contribution is -2.50. The van der Waals surface area contributed by atoms with Gasteiger partial charge in [0, 0.05) is 43.6 Å². The van der Waals surface area contributed by atoms with Gasteiger partial charge in [-0.15, -0.1) is 0 Å². The van der Waals surface area contributed by atoms with Crippen LogP contribution in [0.25, 0.3) is 0 Å². The number of ether oxygens (including phenoxy) is 2. The number of hydrogen-bond acceptors (Lipinski definition) is 5. The molecule has 2 saturated heterocycles. The molecule has 2 atom stereocenters. The minimum atomic E-state index is -0.837. The highest BCUT2D eigenvalue weighted by Gasteiger charge is 2.49. The molecule has 28 heavy (non-hydrogen) atoms. The number of aliphatic hydroxyl groups is 1. The monoisotopic (exact) mass is 385 g/mol. The Hall–Kier alpha value is -2.05. The molecular weight excluding hydrogens is 354 g/mol. The van der Waals surface area contributed by atoms with Crippen LogP contribution in [0.15, 0.2) is 30.6 Å². The van der Waals surface area contributed by atoms with E-state index in [2.05, 4.69) is 22.9 Å². The highest BCUT2D eigenvalue weighted by molar-refractivity contribution is 5.46. The number of rotatable bonds is 7. The molecule has 0 saturated carbocycles. The van der Waals surface area contributed by atoms with Crippen molar-refractivity contribution in [2.24, 2.45) is 7.05 Å². The number of piperidine rings is 1. The summed E-state index contributed by atoms with van der Waals surface area (Å²) in [4.78, 5) is 6.99. The molecule has 2 aromatic rings. The Morgan fingerprint density at radius 3 is 2.61 bits per heavy atom. The Kier molecular flexibility index (Phi) is 5.34. The van der Waals surface area contributed by atoms with E-state index in [0.29, 0.717) is 18.7 Å². The van der Waals surface area contributed by atoms with Gasteiger partial charge in [-0.2, -0.15) is 0 Å². The molecule has 2 aliphatic rings. The van der Waals surface area contributed by atoms with Crippen LogP contribution >= 0.6 is 0 Å². The summed E-state index contributed by atoms with van der Waals surface area (Å²) in [6.45, 7) is 3.61. The van der Waals surface area contributed by atoms with E-state index < -0.39 is 5.60 Å². The second-order valence-electron chi connectivity index (χ2n) is 8.16. The van der Waals surface area contributed by atoms with Crippen molar-refractivity contribution in [2.75, 3.05) is 13.7 Å². The van der Waals surface area contributed by atoms with E-state index in [1.54, 1.807) is 13.3 Å². The molecule has 2 bridgehead atoms. The Morgan fingerprint density at radius 2 is 2.00 bits per heavy atom. The quantitative estimate of drug-likeness (QED) is 0.793. The van der Waals surface area contributed by atoms with Gasteiger partial charge in [0.15, 0.2) is 11.5 Å². The number of aryl methyl sites for hydroxylation is 1. The summed E-state index contributed by atoms with van der Waals surface area (Å²) in [5.74, 6) is 2.44. The van der Waals surface area contributed by atoms with Crippen molar-refractivity contribution >= 4 is 0 Å². The zero-order valence-electron chi connectivity index (χ0n) is 17.1. The SMILES string of the molecule is CCCOc1c(CN2[C@@H]3CC[C@@H]2CC(O)(c2nccn2C)C3)cccc1OC. The second kappa shape index (κ2) is 7.76. The lowest BCUT2D eigenvalue weighted by molar-refractivity contribution is -0.0670. The van der Waals surface area contributed by atoms with Crippen LogP contribution in [-0.2, 0) is 19.2 Å². The highest BCUT2D eigenvalue weighted by Crippen LogP contribution is 2.46. The van der Waals surface area contributed by atoms with Crippen molar-refractivity contribution in [2.45, 2.75) is 63.3 Å². The number of nitrogens with zero attached hydrogens (tertiary/aromatic N) is 3. The maximum absolute atomic E-state index is 11.4. The van der Waals surface area contributed by atoms with E-state index in [9.17, 15) is 5.11 Å². The van der Waals surface area contributed by atoms with Gasteiger partial charge >= 0.3 is 0 Å². The van der Waals surface area contributed by atoms with E-state index in [4.69, 9.17) is 9.47 Å². The van der Waals surface area contributed by atoms with Crippen LogP contribution in [0.5, 0.6) is 11.5 Å². The van der Waals surface area contributed by atoms with E-state index in [1.165, 1.54) is 0 Å². The lowest BCUT2D eigenvalue weighted by Gasteiger charge is -2.43. The zero-order chi connectivity index (χ0) is 19.7. The second-order valence-corrected chi connectivity index (χ2v) is 8.16. The smallest absolute Gasteiger partial charge is 0.165 e. The molecule has 0 aliphatic carbocycles. The Morgan fingerprint density at radius 1 is 1.25 bits per heavy atom. The third kappa shape index (κ3) is 3.40. The maximum atomic E-state index is 11.4. The van der Waals surface area contributed by atoms with E-state index >= 15 is 0 Å². The Bertz CT molecular complexity index is 805. The van der Waals surface area contributed by atoms with Gasteiger partial charge in [-0.3, -0.25) is 4.90 Å². The minimum Gasteiger partial charge on any atom is -0.493 e. The first kappa shape index (κ1) is 19.3. The van der Waals surface area contributed by atoms with Gasteiger partial charge in [-0.05, 0) is 38.2 Å². The molecule has 0 radical (unpaired) electrons. The summed E-state index contributed by atoms with van der Waals surface area (Å²) in [7, 11) is 3.65. The first-order valence-electron chi connectivity index (χ1n) is 10.3.